The Labute approximate surface area is 191 Å². The van der Waals surface area contributed by atoms with Crippen molar-refractivity contribution in [1.82, 2.24) is 24.3 Å². The number of phenolic OH excluding ortho intramolecular Hbond substituents is 1. The Morgan fingerprint density at radius 1 is 1.19 bits per heavy atom. The molecule has 0 unspecified atom stereocenters. The Hall–Kier alpha value is -2.44. The topological polar surface area (TPSA) is 57.4 Å². The molecule has 0 amide bonds. The van der Waals surface area contributed by atoms with Crippen LogP contribution < -0.4 is 0 Å². The summed E-state index contributed by atoms with van der Waals surface area (Å²) < 4.78 is 2.16. The maximum absolute atomic E-state index is 10.0. The molecule has 1 aromatic carbocycles. The van der Waals surface area contributed by atoms with E-state index in [1.54, 1.807) is 6.07 Å². The number of unbranched alkanes of at least 4 members (excludes halogenated alkanes) is 1. The molecular formula is C26H37N5O. The Morgan fingerprint density at radius 2 is 1.94 bits per heavy atom. The summed E-state index contributed by atoms with van der Waals surface area (Å²) >= 11 is 0. The van der Waals surface area contributed by atoms with Crippen LogP contribution in [0.2, 0.25) is 0 Å². The van der Waals surface area contributed by atoms with Crippen molar-refractivity contribution in [3.05, 3.63) is 53.0 Å². The lowest BCUT2D eigenvalue weighted by molar-refractivity contribution is 0.0505. The van der Waals surface area contributed by atoms with E-state index >= 15 is 0 Å². The third-order valence-electron chi connectivity index (χ3n) is 7.41. The largest absolute Gasteiger partial charge is 0.508 e. The van der Waals surface area contributed by atoms with Gasteiger partial charge in [-0.3, -0.25) is 9.80 Å². The van der Waals surface area contributed by atoms with Gasteiger partial charge < -0.3 is 9.67 Å². The molecule has 1 N–H and O–H groups in total. The lowest BCUT2D eigenvalue weighted by Gasteiger charge is -2.46. The summed E-state index contributed by atoms with van der Waals surface area (Å²) in [6.45, 7) is 7.33. The van der Waals surface area contributed by atoms with E-state index in [-0.39, 0.29) is 5.54 Å². The van der Waals surface area contributed by atoms with Crippen LogP contribution in [0.5, 0.6) is 5.75 Å². The number of pyridine rings is 1. The molecule has 4 rings (SSSR count). The van der Waals surface area contributed by atoms with Crippen molar-refractivity contribution in [2.75, 3.05) is 27.2 Å². The zero-order valence-corrected chi connectivity index (χ0v) is 20.2. The molecule has 0 bridgehead atoms. The first-order valence-corrected chi connectivity index (χ1v) is 11.8. The van der Waals surface area contributed by atoms with E-state index in [9.17, 15) is 5.11 Å². The van der Waals surface area contributed by atoms with Crippen molar-refractivity contribution in [3.63, 3.8) is 0 Å². The highest BCUT2D eigenvalue weighted by molar-refractivity contribution is 5.76. The molecule has 6 heteroatoms. The van der Waals surface area contributed by atoms with E-state index in [2.05, 4.69) is 55.4 Å². The molecule has 32 heavy (non-hydrogen) atoms. The molecule has 3 heterocycles. The monoisotopic (exact) mass is 435 g/mol. The second-order valence-corrected chi connectivity index (χ2v) is 9.52. The van der Waals surface area contributed by atoms with Crippen LogP contribution in [0.25, 0.3) is 11.2 Å². The number of piperidine rings is 1. The van der Waals surface area contributed by atoms with E-state index < -0.39 is 0 Å². The minimum Gasteiger partial charge on any atom is -0.508 e. The Kier molecular flexibility index (Phi) is 6.54. The van der Waals surface area contributed by atoms with Crippen LogP contribution in [0.3, 0.4) is 0 Å². The highest BCUT2D eigenvalue weighted by Gasteiger charge is 2.38. The number of aromatic hydroxyl groups is 1. The quantitative estimate of drug-likeness (QED) is 0.597. The lowest BCUT2D eigenvalue weighted by Crippen LogP contribution is -2.50. The summed E-state index contributed by atoms with van der Waals surface area (Å²) in [4.78, 5) is 14.6. The van der Waals surface area contributed by atoms with Crippen molar-refractivity contribution in [1.29, 1.82) is 0 Å². The Morgan fingerprint density at radius 3 is 2.59 bits per heavy atom. The zero-order valence-electron chi connectivity index (χ0n) is 20.2. The van der Waals surface area contributed by atoms with Gasteiger partial charge in [-0.25, -0.2) is 9.97 Å². The Balaban J connectivity index is 1.52. The van der Waals surface area contributed by atoms with Crippen molar-refractivity contribution in [2.24, 2.45) is 7.05 Å². The molecule has 0 spiro atoms. The van der Waals surface area contributed by atoms with Gasteiger partial charge in [0, 0.05) is 44.8 Å². The number of phenols is 1. The van der Waals surface area contributed by atoms with Crippen LogP contribution in [0, 0.1) is 6.92 Å². The van der Waals surface area contributed by atoms with Crippen molar-refractivity contribution >= 4 is 11.2 Å². The molecule has 1 aliphatic heterocycles. The van der Waals surface area contributed by atoms with Crippen LogP contribution in [0.15, 0.2) is 30.5 Å². The first-order chi connectivity index (χ1) is 15.4. The fourth-order valence-corrected chi connectivity index (χ4v) is 5.15. The fraction of sp³-hybridized carbons (Fsp3) is 0.538. The van der Waals surface area contributed by atoms with Gasteiger partial charge in [0.05, 0.1) is 0 Å². The van der Waals surface area contributed by atoms with E-state index in [1.807, 2.05) is 18.3 Å². The molecule has 1 fully saturated rings. The number of benzene rings is 1. The van der Waals surface area contributed by atoms with Crippen LogP contribution in [-0.4, -0.2) is 56.6 Å². The molecule has 6 nitrogen and oxygen atoms in total. The number of nitrogens with zero attached hydrogens (tertiary/aromatic N) is 5. The second-order valence-electron chi connectivity index (χ2n) is 9.52. The highest BCUT2D eigenvalue weighted by atomic mass is 16.3. The van der Waals surface area contributed by atoms with Gasteiger partial charge in [0.25, 0.3) is 0 Å². The number of aryl methyl sites for hydroxylation is 3. The summed E-state index contributed by atoms with van der Waals surface area (Å²) in [5.74, 6) is 1.48. The van der Waals surface area contributed by atoms with Crippen LogP contribution in [0.4, 0.5) is 0 Å². The summed E-state index contributed by atoms with van der Waals surface area (Å²) in [7, 11) is 6.39. The third-order valence-corrected chi connectivity index (χ3v) is 7.41. The molecule has 0 radical (unpaired) electrons. The summed E-state index contributed by atoms with van der Waals surface area (Å²) in [6, 6.07) is 7.77. The van der Waals surface area contributed by atoms with Gasteiger partial charge in [0.1, 0.15) is 17.1 Å². The molecule has 1 saturated heterocycles. The van der Waals surface area contributed by atoms with Gasteiger partial charge in [0.15, 0.2) is 5.65 Å². The average Bonchev–Trinajstić information content (AvgIpc) is 3.11. The number of imidazole rings is 1. The Bertz CT molecular complexity index is 1080. The molecule has 0 atom stereocenters. The molecule has 3 aromatic rings. The molecule has 2 aromatic heterocycles. The molecule has 172 valence electrons. The highest BCUT2D eigenvalue weighted by Crippen LogP contribution is 2.39. The van der Waals surface area contributed by atoms with E-state index in [4.69, 9.17) is 9.97 Å². The van der Waals surface area contributed by atoms with Gasteiger partial charge in [-0.15, -0.1) is 0 Å². The standard InChI is InChI=1S/C26H37N5O/c1-6-7-11-23-28-24-19(2)20(17-27-25(24)30(23)5)18-31-14-12-26(13-15-31,29(3)4)21-9-8-10-22(32)16-21/h8-10,16-17,32H,6-7,11-15,18H2,1-5H3. The number of fused-ring (bicyclic) bond motifs is 1. The molecule has 1 aliphatic rings. The smallest absolute Gasteiger partial charge is 0.160 e. The number of aromatic nitrogens is 3. The number of rotatable bonds is 7. The minimum atomic E-state index is -0.0400. The van der Waals surface area contributed by atoms with Crippen LogP contribution in [-0.2, 0) is 25.6 Å². The maximum Gasteiger partial charge on any atom is 0.160 e. The van der Waals surface area contributed by atoms with Crippen molar-refractivity contribution < 1.29 is 5.11 Å². The van der Waals surface area contributed by atoms with Crippen molar-refractivity contribution in [2.45, 2.75) is 58.0 Å². The van der Waals surface area contributed by atoms with Gasteiger partial charge >= 0.3 is 0 Å². The second kappa shape index (κ2) is 9.20. The first-order valence-electron chi connectivity index (χ1n) is 11.8. The van der Waals surface area contributed by atoms with Gasteiger partial charge in [-0.05, 0) is 69.1 Å². The SMILES string of the molecule is CCCCc1nc2c(C)c(CN3CCC(c4cccc(O)c4)(N(C)C)CC3)cnc2n1C. The normalized spacial score (nSPS) is 16.8. The molecular weight excluding hydrogens is 398 g/mol. The average molecular weight is 436 g/mol. The number of hydrogen-bond acceptors (Lipinski definition) is 5. The summed E-state index contributed by atoms with van der Waals surface area (Å²) in [5, 5.41) is 10.0. The predicted octanol–water partition coefficient (Wildman–Crippen LogP) is 4.38. The van der Waals surface area contributed by atoms with Crippen LogP contribution in [0.1, 0.15) is 55.1 Å². The third kappa shape index (κ3) is 4.14. The molecule has 0 aliphatic carbocycles. The number of likely N-dealkylation sites (tertiary alicyclic amines) is 1. The van der Waals surface area contributed by atoms with E-state index in [0.717, 1.165) is 62.3 Å². The zero-order chi connectivity index (χ0) is 22.9. The van der Waals surface area contributed by atoms with E-state index in [0.29, 0.717) is 5.75 Å². The van der Waals surface area contributed by atoms with Crippen LogP contribution >= 0.6 is 0 Å². The lowest BCUT2D eigenvalue weighted by atomic mass is 9.79. The fourth-order valence-electron chi connectivity index (χ4n) is 5.15. The summed E-state index contributed by atoms with van der Waals surface area (Å²) in [5.41, 5.74) is 5.73. The molecule has 0 saturated carbocycles. The van der Waals surface area contributed by atoms with Gasteiger partial charge in [-0.1, -0.05) is 25.5 Å². The minimum absolute atomic E-state index is 0.0400. The van der Waals surface area contributed by atoms with E-state index in [1.165, 1.54) is 23.1 Å². The maximum atomic E-state index is 10.0. The van der Waals surface area contributed by atoms with Gasteiger partial charge in [-0.2, -0.15) is 0 Å². The first kappa shape index (κ1) is 22.7. The van der Waals surface area contributed by atoms with Crippen molar-refractivity contribution in [3.8, 4) is 5.75 Å². The van der Waals surface area contributed by atoms with Gasteiger partial charge in [0.2, 0.25) is 0 Å². The number of hydrogen-bond donors (Lipinski definition) is 1. The predicted molar refractivity (Wildman–Crippen MR) is 130 cm³/mol. The summed E-state index contributed by atoms with van der Waals surface area (Å²) in [6.07, 6.45) is 7.44.